The monoisotopic (exact) mass is 238 g/mol. The Labute approximate surface area is 100 Å². The van der Waals surface area contributed by atoms with Gasteiger partial charge >= 0.3 is 0 Å². The number of amides is 1. The first-order chi connectivity index (χ1) is 8.29. The molecule has 17 heavy (non-hydrogen) atoms. The van der Waals surface area contributed by atoms with E-state index < -0.39 is 0 Å². The van der Waals surface area contributed by atoms with Gasteiger partial charge in [-0.2, -0.15) is 0 Å². The third-order valence-electron chi connectivity index (χ3n) is 2.88. The van der Waals surface area contributed by atoms with Gasteiger partial charge in [0.25, 0.3) is 0 Å². The molecule has 0 aliphatic carbocycles. The zero-order chi connectivity index (χ0) is 12.1. The largest absolute Gasteiger partial charge is 0.381 e. The third kappa shape index (κ3) is 3.28. The van der Waals surface area contributed by atoms with Gasteiger partial charge in [0.05, 0.1) is 6.54 Å². The topological polar surface area (TPSA) is 82.2 Å². The maximum absolute atomic E-state index is 11.8. The molecule has 2 heterocycles. The molecule has 0 radical (unpaired) electrons. The summed E-state index contributed by atoms with van der Waals surface area (Å²) < 4.78 is 7.01. The van der Waals surface area contributed by atoms with Gasteiger partial charge in [0, 0.05) is 31.6 Å². The highest BCUT2D eigenvalue weighted by Crippen LogP contribution is 2.06. The summed E-state index contributed by atoms with van der Waals surface area (Å²) >= 11 is 0. The molecule has 6 nitrogen and oxygen atoms in total. The van der Waals surface area contributed by atoms with Crippen LogP contribution in [0.5, 0.6) is 0 Å². The molecule has 0 aromatic carbocycles. The molecular formula is C11H18N4O2. The first-order valence-corrected chi connectivity index (χ1v) is 5.87. The van der Waals surface area contributed by atoms with Gasteiger partial charge in [0.2, 0.25) is 5.91 Å². The van der Waals surface area contributed by atoms with Crippen LogP contribution in [0, 0.1) is 0 Å². The fourth-order valence-corrected chi connectivity index (χ4v) is 1.94. The van der Waals surface area contributed by atoms with Crippen molar-refractivity contribution in [3.8, 4) is 0 Å². The molecule has 0 bridgehead atoms. The van der Waals surface area contributed by atoms with Crippen molar-refractivity contribution < 1.29 is 9.53 Å². The standard InChI is InChI=1S/C11H18N4O2/c12-7-10-13-3-4-15(10)8-11(16)14-9-1-5-17-6-2-9/h3-4,9H,1-2,5-8,12H2,(H,14,16). The van der Waals surface area contributed by atoms with Gasteiger partial charge in [0.1, 0.15) is 12.4 Å². The van der Waals surface area contributed by atoms with E-state index in [4.69, 9.17) is 10.5 Å². The molecule has 1 aliphatic rings. The van der Waals surface area contributed by atoms with Crippen molar-refractivity contribution in [2.75, 3.05) is 13.2 Å². The van der Waals surface area contributed by atoms with Gasteiger partial charge in [-0.1, -0.05) is 0 Å². The minimum atomic E-state index is 0.00426. The van der Waals surface area contributed by atoms with Crippen LogP contribution in [0.1, 0.15) is 18.7 Å². The van der Waals surface area contributed by atoms with E-state index in [2.05, 4.69) is 10.3 Å². The third-order valence-corrected chi connectivity index (χ3v) is 2.88. The molecule has 0 unspecified atom stereocenters. The number of nitrogens with one attached hydrogen (secondary N) is 1. The summed E-state index contributed by atoms with van der Waals surface area (Å²) in [7, 11) is 0. The van der Waals surface area contributed by atoms with Crippen LogP contribution in [0.25, 0.3) is 0 Å². The second-order valence-corrected chi connectivity index (χ2v) is 4.13. The lowest BCUT2D eigenvalue weighted by Gasteiger charge is -2.23. The molecule has 1 aromatic heterocycles. The molecule has 1 amide bonds. The summed E-state index contributed by atoms with van der Waals surface area (Å²) in [6, 6.07) is 0.237. The number of carbonyl (C=O) groups is 1. The smallest absolute Gasteiger partial charge is 0.240 e. The highest BCUT2D eigenvalue weighted by Gasteiger charge is 2.16. The van der Waals surface area contributed by atoms with Gasteiger partial charge in [0.15, 0.2) is 0 Å². The number of ether oxygens (including phenoxy) is 1. The summed E-state index contributed by atoms with van der Waals surface area (Å²) in [5.74, 6) is 0.733. The lowest BCUT2D eigenvalue weighted by molar-refractivity contribution is -0.123. The Morgan fingerprint density at radius 2 is 2.35 bits per heavy atom. The van der Waals surface area contributed by atoms with Crippen molar-refractivity contribution in [3.63, 3.8) is 0 Å². The van der Waals surface area contributed by atoms with Crippen molar-refractivity contribution in [1.29, 1.82) is 0 Å². The predicted octanol–water partition coefficient (Wildman–Crippen LogP) is -0.363. The number of hydrogen-bond donors (Lipinski definition) is 2. The fraction of sp³-hybridized carbons (Fsp3) is 0.636. The van der Waals surface area contributed by atoms with Crippen molar-refractivity contribution in [2.24, 2.45) is 5.73 Å². The molecule has 2 rings (SSSR count). The SMILES string of the molecule is NCc1nccn1CC(=O)NC1CCOCC1. The molecule has 1 fully saturated rings. The number of carbonyl (C=O) groups excluding carboxylic acids is 1. The molecule has 6 heteroatoms. The highest BCUT2D eigenvalue weighted by atomic mass is 16.5. The number of nitrogens with two attached hydrogens (primary N) is 1. The van der Waals surface area contributed by atoms with Crippen molar-refractivity contribution in [3.05, 3.63) is 18.2 Å². The van der Waals surface area contributed by atoms with E-state index in [1.54, 1.807) is 17.0 Å². The molecule has 0 spiro atoms. The average Bonchev–Trinajstić information content (AvgIpc) is 2.77. The van der Waals surface area contributed by atoms with Gasteiger partial charge in [-0.05, 0) is 12.8 Å². The zero-order valence-corrected chi connectivity index (χ0v) is 9.76. The normalized spacial score (nSPS) is 17.0. The van der Waals surface area contributed by atoms with Gasteiger partial charge in [-0.3, -0.25) is 4.79 Å². The minimum Gasteiger partial charge on any atom is -0.381 e. The first-order valence-electron chi connectivity index (χ1n) is 5.87. The maximum atomic E-state index is 11.8. The second-order valence-electron chi connectivity index (χ2n) is 4.13. The predicted molar refractivity (Wildman–Crippen MR) is 62.1 cm³/mol. The van der Waals surface area contributed by atoms with E-state index >= 15 is 0 Å². The van der Waals surface area contributed by atoms with E-state index in [0.29, 0.717) is 6.54 Å². The number of nitrogens with zero attached hydrogens (tertiary/aromatic N) is 2. The Hall–Kier alpha value is -1.40. The summed E-state index contributed by atoms with van der Waals surface area (Å²) in [5, 5.41) is 3.00. The highest BCUT2D eigenvalue weighted by molar-refractivity contribution is 5.76. The molecule has 1 saturated heterocycles. The minimum absolute atomic E-state index is 0.00426. The number of imidazole rings is 1. The summed E-state index contributed by atoms with van der Waals surface area (Å²) in [6.07, 6.45) is 5.20. The Morgan fingerprint density at radius 3 is 3.06 bits per heavy atom. The summed E-state index contributed by atoms with van der Waals surface area (Å²) in [5.41, 5.74) is 5.52. The first kappa shape index (κ1) is 12.1. The van der Waals surface area contributed by atoms with Crippen LogP contribution in [-0.2, 0) is 22.6 Å². The quantitative estimate of drug-likeness (QED) is 0.750. The van der Waals surface area contributed by atoms with Crippen LogP contribution in [-0.4, -0.2) is 34.7 Å². The van der Waals surface area contributed by atoms with E-state index in [0.717, 1.165) is 31.9 Å². The number of hydrogen-bond acceptors (Lipinski definition) is 4. The van der Waals surface area contributed by atoms with Crippen molar-refractivity contribution >= 4 is 5.91 Å². The summed E-state index contributed by atoms with van der Waals surface area (Å²) in [6.45, 7) is 2.08. The Balaban J connectivity index is 1.84. The van der Waals surface area contributed by atoms with E-state index in [1.807, 2.05) is 0 Å². The molecular weight excluding hydrogens is 220 g/mol. The van der Waals surface area contributed by atoms with Crippen molar-refractivity contribution in [1.82, 2.24) is 14.9 Å². The van der Waals surface area contributed by atoms with Crippen LogP contribution >= 0.6 is 0 Å². The van der Waals surface area contributed by atoms with Crippen LogP contribution in [0.2, 0.25) is 0 Å². The lowest BCUT2D eigenvalue weighted by atomic mass is 10.1. The second kappa shape index (κ2) is 5.79. The maximum Gasteiger partial charge on any atom is 0.240 e. The van der Waals surface area contributed by atoms with Gasteiger partial charge in [-0.15, -0.1) is 0 Å². The van der Waals surface area contributed by atoms with Gasteiger partial charge < -0.3 is 20.4 Å². The average molecular weight is 238 g/mol. The molecule has 0 atom stereocenters. The van der Waals surface area contributed by atoms with E-state index in [-0.39, 0.29) is 18.5 Å². The zero-order valence-electron chi connectivity index (χ0n) is 9.76. The lowest BCUT2D eigenvalue weighted by Crippen LogP contribution is -2.40. The van der Waals surface area contributed by atoms with E-state index in [1.165, 1.54) is 0 Å². The Bertz CT molecular complexity index is 371. The van der Waals surface area contributed by atoms with Crippen molar-refractivity contribution in [2.45, 2.75) is 32.0 Å². The Morgan fingerprint density at radius 1 is 1.59 bits per heavy atom. The molecule has 0 saturated carbocycles. The van der Waals surface area contributed by atoms with E-state index in [9.17, 15) is 4.79 Å². The van der Waals surface area contributed by atoms with Crippen LogP contribution < -0.4 is 11.1 Å². The number of aromatic nitrogens is 2. The van der Waals surface area contributed by atoms with Crippen LogP contribution in [0.3, 0.4) is 0 Å². The molecule has 3 N–H and O–H groups in total. The molecule has 1 aromatic rings. The fourth-order valence-electron chi connectivity index (χ4n) is 1.94. The van der Waals surface area contributed by atoms with Crippen LogP contribution in [0.15, 0.2) is 12.4 Å². The van der Waals surface area contributed by atoms with Crippen LogP contribution in [0.4, 0.5) is 0 Å². The Kier molecular flexibility index (Phi) is 4.11. The molecule has 1 aliphatic heterocycles. The van der Waals surface area contributed by atoms with Gasteiger partial charge in [-0.25, -0.2) is 4.98 Å². The molecule has 94 valence electrons. The summed E-state index contributed by atoms with van der Waals surface area (Å²) in [4.78, 5) is 15.9. The number of rotatable bonds is 4.